The maximum atomic E-state index is 13.4. The van der Waals surface area contributed by atoms with E-state index in [0.29, 0.717) is 124 Å². The summed E-state index contributed by atoms with van der Waals surface area (Å²) in [6.45, 7) is 5.85. The number of anilines is 7. The highest BCUT2D eigenvalue weighted by molar-refractivity contribution is 7.92. The van der Waals surface area contributed by atoms with Crippen molar-refractivity contribution in [1.29, 1.82) is 0 Å². The van der Waals surface area contributed by atoms with E-state index in [1.54, 1.807) is 178 Å². The summed E-state index contributed by atoms with van der Waals surface area (Å²) in [5.41, 5.74) is 9.78. The van der Waals surface area contributed by atoms with E-state index in [4.69, 9.17) is 23.7 Å². The molecule has 728 valence electrons. The smallest absolute Gasteiger partial charge is 0.338 e. The van der Waals surface area contributed by atoms with Gasteiger partial charge in [0.05, 0.1) is 88.2 Å². The van der Waals surface area contributed by atoms with Gasteiger partial charge < -0.3 is 66.2 Å². The summed E-state index contributed by atoms with van der Waals surface area (Å²) in [6.07, 6.45) is 3.19. The summed E-state index contributed by atoms with van der Waals surface area (Å²) in [4.78, 5) is 123. The topological polar surface area (TPSA) is 474 Å². The molecule has 15 rings (SSSR count). The largest absolute Gasteiger partial charge is 0.497 e. The average Bonchev–Trinajstić information content (AvgIpc) is 0.797. The maximum absolute atomic E-state index is 13.4. The Morgan fingerprint density at radius 3 is 1.12 bits per heavy atom. The first-order valence-corrected chi connectivity index (χ1v) is 50.4. The van der Waals surface area contributed by atoms with E-state index in [-0.39, 0.29) is 102 Å². The Kier molecular flexibility index (Phi) is 36.8. The molecule has 139 heavy (non-hydrogen) atoms. The van der Waals surface area contributed by atoms with Gasteiger partial charge in [0, 0.05) is 65.9 Å². The highest BCUT2D eigenvalue weighted by Gasteiger charge is 2.35. The van der Waals surface area contributed by atoms with E-state index >= 15 is 0 Å². The zero-order valence-corrected chi connectivity index (χ0v) is 79.2. The predicted octanol–water partition coefficient (Wildman–Crippen LogP) is 13.0. The molecule has 0 saturated heterocycles. The quantitative estimate of drug-likeness (QED) is 0.0167. The van der Waals surface area contributed by atoms with Crippen LogP contribution in [0.3, 0.4) is 0 Å². The van der Waals surface area contributed by atoms with E-state index in [0.717, 1.165) is 27.8 Å². The van der Waals surface area contributed by atoms with Crippen molar-refractivity contribution in [2.45, 2.75) is 136 Å². The minimum atomic E-state index is -4.07. The molecule has 11 aromatic rings. The van der Waals surface area contributed by atoms with Crippen molar-refractivity contribution in [3.05, 3.63) is 311 Å². The van der Waals surface area contributed by atoms with Crippen molar-refractivity contribution >= 4 is 139 Å². The van der Waals surface area contributed by atoms with Crippen molar-refractivity contribution < 1.29 is 105 Å². The molecular formula is C102H108N10O23S4. The number of sulfone groups is 2. The molecule has 0 aliphatic carbocycles. The molecule has 11 aromatic carbocycles. The van der Waals surface area contributed by atoms with Crippen LogP contribution < -0.4 is 66.2 Å². The molecule has 0 bridgehead atoms. The van der Waals surface area contributed by atoms with Crippen LogP contribution in [0.1, 0.15) is 121 Å². The molecule has 0 radical (unpaired) electrons. The number of amides is 8. The molecule has 4 atom stereocenters. The molecule has 8 amide bonds. The lowest BCUT2D eigenvalue weighted by Gasteiger charge is -2.21. The lowest BCUT2D eigenvalue weighted by Crippen LogP contribution is -2.49. The number of methoxy groups -OCH3 is 2. The van der Waals surface area contributed by atoms with Crippen LogP contribution in [0.15, 0.2) is 280 Å². The second-order valence-corrected chi connectivity index (χ2v) is 39.5. The van der Waals surface area contributed by atoms with Crippen LogP contribution in [0.4, 0.5) is 39.8 Å². The number of nitrogens with one attached hydrogen (secondary N) is 10. The molecule has 0 fully saturated rings. The summed E-state index contributed by atoms with van der Waals surface area (Å²) in [6, 6.07) is 69.7. The third-order valence-electron chi connectivity index (χ3n) is 22.3. The lowest BCUT2D eigenvalue weighted by atomic mass is 10.00. The van der Waals surface area contributed by atoms with Crippen molar-refractivity contribution in [1.82, 2.24) is 14.8 Å². The number of benzene rings is 11. The SMILES string of the molecule is C.CCOC(=O)CNC(=O)C(Cc1ccccc1)NS(=O)(=O)c1ccc2c(c1)CCC(=O)N2.CCOC(=O)c1ccc(NC(=O)C(CS(=O)(=O)c2ccc3c(c2)CCC(=O)N3)c2ccccc2)cc1.CCOc1ccc(NC(=O)C(CS(=O)(=O)c2ccc3c(c2)CCC(=O)N3)c2ccccc2)cc1.COc1ccc(NC(=O)C(Cc2ccccc2)NS(=O)(=O)c2ccc3c(c2)CCC(=O)N3)c(OC)c1. The van der Waals surface area contributed by atoms with Gasteiger partial charge in [0.2, 0.25) is 67.3 Å². The molecule has 4 aliphatic heterocycles. The fraction of sp³-hybridized carbons (Fsp3) is 0.255. The van der Waals surface area contributed by atoms with Gasteiger partial charge in [-0.25, -0.2) is 38.5 Å². The Balaban J connectivity index is 0.000000177. The molecule has 10 N–H and O–H groups in total. The normalized spacial score (nSPS) is 13.8. The van der Waals surface area contributed by atoms with Crippen LogP contribution in [-0.4, -0.2) is 157 Å². The summed E-state index contributed by atoms with van der Waals surface area (Å²) in [5, 5.41) is 21.7. The molecule has 33 nitrogen and oxygen atoms in total. The highest BCUT2D eigenvalue weighted by Crippen LogP contribution is 2.36. The number of rotatable bonds is 34. The number of hydrogen-bond acceptors (Lipinski definition) is 23. The molecule has 4 heterocycles. The van der Waals surface area contributed by atoms with Crippen LogP contribution >= 0.6 is 0 Å². The van der Waals surface area contributed by atoms with E-state index < -0.39 is 105 Å². The van der Waals surface area contributed by atoms with Crippen LogP contribution in [0.25, 0.3) is 0 Å². The number of ether oxygens (including phenoxy) is 5. The van der Waals surface area contributed by atoms with Crippen molar-refractivity contribution in [2.75, 3.05) is 89.3 Å². The monoisotopic (exact) mass is 1970 g/mol. The van der Waals surface area contributed by atoms with Gasteiger partial charge in [0.25, 0.3) is 0 Å². The first-order valence-electron chi connectivity index (χ1n) is 44.2. The lowest BCUT2D eigenvalue weighted by molar-refractivity contribution is -0.143. The van der Waals surface area contributed by atoms with Crippen molar-refractivity contribution in [3.8, 4) is 17.2 Å². The highest BCUT2D eigenvalue weighted by atomic mass is 32.2. The van der Waals surface area contributed by atoms with Gasteiger partial charge in [-0.05, 0) is 237 Å². The molecule has 37 heteroatoms. The molecule has 4 unspecified atom stereocenters. The maximum Gasteiger partial charge on any atom is 0.338 e. The van der Waals surface area contributed by atoms with Gasteiger partial charge in [0.1, 0.15) is 35.9 Å². The Bertz CT molecular complexity index is 6770. The predicted molar refractivity (Wildman–Crippen MR) is 526 cm³/mol. The summed E-state index contributed by atoms with van der Waals surface area (Å²) in [5.74, 6) is -4.67. The van der Waals surface area contributed by atoms with Gasteiger partial charge in [-0.1, -0.05) is 129 Å². The fourth-order valence-corrected chi connectivity index (χ4v) is 20.8. The second-order valence-electron chi connectivity index (χ2n) is 32.0. The summed E-state index contributed by atoms with van der Waals surface area (Å²) >= 11 is 0. The van der Waals surface area contributed by atoms with Gasteiger partial charge in [0.15, 0.2) is 19.7 Å². The van der Waals surface area contributed by atoms with Crippen LogP contribution in [-0.2, 0) is 131 Å². The van der Waals surface area contributed by atoms with Crippen molar-refractivity contribution in [2.24, 2.45) is 0 Å². The van der Waals surface area contributed by atoms with Gasteiger partial charge in [-0.2, -0.15) is 9.44 Å². The van der Waals surface area contributed by atoms with E-state index in [2.05, 4.69) is 52.0 Å². The summed E-state index contributed by atoms with van der Waals surface area (Å²) < 4.78 is 137. The number of carbonyl (C=O) groups is 10. The Hall–Kier alpha value is -14.8. The molecule has 0 aromatic heterocycles. The van der Waals surface area contributed by atoms with Crippen LogP contribution in [0, 0.1) is 0 Å². The molecule has 0 saturated carbocycles. The number of aryl methyl sites for hydroxylation is 4. The number of carbonyl (C=O) groups excluding carboxylic acids is 10. The first kappa shape index (κ1) is 105. The minimum absolute atomic E-state index is 0. The Morgan fingerprint density at radius 1 is 0.367 bits per heavy atom. The standard InChI is InChI=1S/C27H26N2O6S.C26H27N3O6S.C26H26N2O5S.C22H25N3O6S.CH4/c1-2-35-27(32)19-8-11-21(12-9-19)28-26(31)23(18-6-4-3-5-7-18)17-36(33,34)22-13-14-24-20(16-22)10-15-25(30)29-24;1-34-19-9-11-22(24(16-19)35-2)28-26(31)23(14-17-6-4-3-5-7-17)29-36(32,33)20-10-12-21-18(15-20)8-13-25(30)27-21;1-2-33-21-11-9-20(10-12-21)27-26(30)23(18-6-4-3-5-7-18)17-34(31,32)22-13-14-24-19(16-22)8-15-25(29)28-24;1-2-31-21(27)14-23-22(28)19(12-15-6-4-3-5-7-15)25-32(29,30)17-9-10-18-16(13-17)8-11-20(26)24-18;/h3-9,11-14,16,23H,2,10,15,17H2,1H3,(H,28,31)(H,29,30);3-7,9-12,15-16,23,29H,8,13-14H2,1-2H3,(H,27,30)(H,28,31);3-7,9-14,16,23H,2,8,15,17H2,1H3,(H,27,30)(H,28,29);3-7,9-10,13,19,25H,2,8,11-12,14H2,1H3,(H,23,28)(H,24,26);1H4. The van der Waals surface area contributed by atoms with Gasteiger partial charge in [-0.15, -0.1) is 0 Å². The third-order valence-corrected chi connectivity index (χ3v) is 28.7. The average molecular weight is 1970 g/mol. The molecular weight excluding hydrogens is 1860 g/mol. The number of fused-ring (bicyclic) bond motifs is 4. The summed E-state index contributed by atoms with van der Waals surface area (Å²) in [7, 11) is -12.8. The van der Waals surface area contributed by atoms with Crippen molar-refractivity contribution in [3.63, 3.8) is 0 Å². The van der Waals surface area contributed by atoms with Gasteiger partial charge in [-0.3, -0.25) is 43.2 Å². The minimum Gasteiger partial charge on any atom is -0.497 e. The van der Waals surface area contributed by atoms with Gasteiger partial charge >= 0.3 is 11.9 Å². The van der Waals surface area contributed by atoms with E-state index in [1.807, 2.05) is 49.4 Å². The second kappa shape index (κ2) is 48.8. The number of esters is 2. The van der Waals surface area contributed by atoms with E-state index in [9.17, 15) is 81.6 Å². The molecule has 4 aliphatic rings. The third kappa shape index (κ3) is 29.4. The van der Waals surface area contributed by atoms with Crippen LogP contribution in [0.5, 0.6) is 17.2 Å². The number of sulfonamides is 2. The Morgan fingerprint density at radius 2 is 0.734 bits per heavy atom. The fourth-order valence-electron chi connectivity index (χ4n) is 15.2. The Labute approximate surface area is 807 Å². The molecule has 0 spiro atoms. The zero-order valence-electron chi connectivity index (χ0n) is 76.0. The zero-order chi connectivity index (χ0) is 98.7. The van der Waals surface area contributed by atoms with Crippen LogP contribution in [0.2, 0.25) is 0 Å². The van der Waals surface area contributed by atoms with E-state index in [1.165, 1.54) is 68.8 Å². The first-order chi connectivity index (χ1) is 66.2. The number of hydrogen-bond donors (Lipinski definition) is 10.